The molecule has 2 heteroatoms. The molecule has 2 rings (SSSR count). The molecule has 0 N–H and O–H groups in total. The van der Waals surface area contributed by atoms with Gasteiger partial charge in [0, 0.05) is 0 Å². The Kier molecular flexibility index (Phi) is 17.9. The minimum atomic E-state index is 0. The van der Waals surface area contributed by atoms with E-state index in [1.807, 2.05) is 13.8 Å². The average Bonchev–Trinajstić information content (AvgIpc) is 2.75. The normalized spacial score (nSPS) is 14.9. The summed E-state index contributed by atoms with van der Waals surface area (Å²) in [6.45, 7) is 10.7. The number of methoxy groups -OCH3 is 1. The van der Waals surface area contributed by atoms with E-state index in [9.17, 15) is 0 Å². The molecule has 0 radical (unpaired) electrons. The first-order valence-corrected chi connectivity index (χ1v) is 11.7. The van der Waals surface area contributed by atoms with Crippen molar-refractivity contribution in [2.75, 3.05) is 7.11 Å². The zero-order valence-corrected chi connectivity index (χ0v) is 23.5. The molecule has 0 heterocycles. The van der Waals surface area contributed by atoms with Crippen LogP contribution >= 0.6 is 0 Å². The third-order valence-corrected chi connectivity index (χ3v) is 5.57. The fraction of sp³-hybridized carbons (Fsp3) is 0.630. The molecule has 0 aliphatic heterocycles. The Balaban J connectivity index is 0.00000253. The molecule has 1 aliphatic carbocycles. The largest absolute Gasteiger partial charge is 1.00 e. The molecule has 1 aromatic carbocycles. The van der Waals surface area contributed by atoms with Crippen LogP contribution in [-0.2, 0) is 6.42 Å². The molecular weight excluding hydrogens is 379 g/mol. The van der Waals surface area contributed by atoms with Gasteiger partial charge in [0.1, 0.15) is 5.75 Å². The zero-order chi connectivity index (χ0) is 20.8. The van der Waals surface area contributed by atoms with Gasteiger partial charge in [-0.2, -0.15) is 0 Å². The van der Waals surface area contributed by atoms with Crippen molar-refractivity contribution in [3.8, 4) is 5.75 Å². The van der Waals surface area contributed by atoms with Gasteiger partial charge in [-0.1, -0.05) is 98.0 Å². The summed E-state index contributed by atoms with van der Waals surface area (Å²) in [7, 11) is 1.78. The molecule has 1 saturated carbocycles. The molecule has 0 unspecified atom stereocenters. The second-order valence-corrected chi connectivity index (χ2v) is 7.70. The van der Waals surface area contributed by atoms with Crippen molar-refractivity contribution in [2.24, 2.45) is 5.92 Å². The number of hydrogen-bond donors (Lipinski definition) is 0. The summed E-state index contributed by atoms with van der Waals surface area (Å²) in [4.78, 5) is 0. The van der Waals surface area contributed by atoms with Crippen LogP contribution in [0, 0.1) is 18.9 Å². The summed E-state index contributed by atoms with van der Waals surface area (Å²) in [5.41, 5.74) is 5.29. The Hall–Kier alpha value is 0.136. The minimum absolute atomic E-state index is 0. The van der Waals surface area contributed by atoms with E-state index in [1.54, 1.807) is 7.11 Å². The molecule has 1 fully saturated rings. The van der Waals surface area contributed by atoms with E-state index in [2.05, 4.69) is 51.1 Å². The van der Waals surface area contributed by atoms with E-state index >= 15 is 0 Å². The van der Waals surface area contributed by atoms with Gasteiger partial charge in [0.25, 0.3) is 0 Å². The first-order chi connectivity index (χ1) is 13.7. The van der Waals surface area contributed by atoms with Gasteiger partial charge in [-0.05, 0) is 18.4 Å². The van der Waals surface area contributed by atoms with Crippen LogP contribution in [0.3, 0.4) is 0 Å². The van der Waals surface area contributed by atoms with Crippen LogP contribution < -0.4 is 56.1 Å². The van der Waals surface area contributed by atoms with E-state index in [4.69, 9.17) is 4.74 Å². The van der Waals surface area contributed by atoms with E-state index < -0.39 is 0 Å². The van der Waals surface area contributed by atoms with Crippen molar-refractivity contribution >= 4 is 0 Å². The van der Waals surface area contributed by atoms with Gasteiger partial charge in [0.15, 0.2) is 0 Å². The van der Waals surface area contributed by atoms with Gasteiger partial charge >= 0.3 is 51.4 Å². The maximum atomic E-state index is 5.60. The summed E-state index contributed by atoms with van der Waals surface area (Å²) in [5.74, 6) is 1.76. The van der Waals surface area contributed by atoms with Crippen LogP contribution in [-0.4, -0.2) is 7.11 Å². The molecule has 0 saturated heterocycles. The number of ether oxygens (including phenoxy) is 1. The zero-order valence-electron chi connectivity index (χ0n) is 20.4. The first-order valence-electron chi connectivity index (χ1n) is 11.7. The number of unbranched alkanes of at least 4 members (excludes halogenated alkanes) is 2. The first kappa shape index (κ1) is 29.1. The average molecular weight is 423 g/mol. The fourth-order valence-corrected chi connectivity index (χ4v) is 3.89. The molecule has 0 spiro atoms. The summed E-state index contributed by atoms with van der Waals surface area (Å²) >= 11 is 0. The number of benzene rings is 1. The van der Waals surface area contributed by atoms with Gasteiger partial charge in [-0.15, -0.1) is 41.0 Å². The van der Waals surface area contributed by atoms with Crippen LogP contribution in [0.4, 0.5) is 0 Å². The van der Waals surface area contributed by atoms with Gasteiger partial charge in [-0.3, -0.25) is 0 Å². The SMILES string of the molecule is CC.CCC/C=C(/C=[C-]c1cc(CCCC)c(OC)cc1C)C1CCCCC1.[K+]. The number of allylic oxidation sites excluding steroid dienone is 3. The summed E-state index contributed by atoms with van der Waals surface area (Å²) in [5, 5.41) is 0. The smallest absolute Gasteiger partial charge is 0.498 e. The van der Waals surface area contributed by atoms with Gasteiger partial charge in [0.2, 0.25) is 0 Å². The standard InChI is InChI=1S/C25H37O.C2H6.K/c1-5-7-12-22(21-14-10-9-11-15-21)16-17-23-19-24(13-8-6-2)25(26-4)18-20(23)3;1-2;/h12,16,18-19,21H,5-11,13-15H2,1-4H3;1-2H3;/q-1;;+1/b22-12-;;. The van der Waals surface area contributed by atoms with E-state index in [0.717, 1.165) is 18.1 Å². The number of aryl methyl sites for hydroxylation is 2. The second-order valence-electron chi connectivity index (χ2n) is 7.70. The van der Waals surface area contributed by atoms with Crippen molar-refractivity contribution in [2.45, 2.75) is 98.8 Å². The Morgan fingerprint density at radius 3 is 2.38 bits per heavy atom. The molecular formula is C27H43KO. The molecule has 1 aromatic rings. The minimum Gasteiger partial charge on any atom is -0.498 e. The summed E-state index contributed by atoms with van der Waals surface area (Å²) in [6, 6.07) is 4.47. The second kappa shape index (κ2) is 17.8. The van der Waals surface area contributed by atoms with Crippen LogP contribution in [0.2, 0.25) is 0 Å². The predicted molar refractivity (Wildman–Crippen MR) is 124 cm³/mol. The molecule has 1 aliphatic rings. The van der Waals surface area contributed by atoms with Crippen LogP contribution in [0.1, 0.15) is 102 Å². The maximum Gasteiger partial charge on any atom is 1.00 e. The van der Waals surface area contributed by atoms with Crippen molar-refractivity contribution < 1.29 is 56.1 Å². The quantitative estimate of drug-likeness (QED) is 0.294. The molecule has 0 amide bonds. The predicted octanol–water partition coefficient (Wildman–Crippen LogP) is 5.39. The van der Waals surface area contributed by atoms with Gasteiger partial charge in [-0.25, -0.2) is 0 Å². The summed E-state index contributed by atoms with van der Waals surface area (Å²) in [6.07, 6.45) is 21.1. The Morgan fingerprint density at radius 2 is 1.79 bits per heavy atom. The molecule has 1 nitrogen and oxygen atoms in total. The van der Waals surface area contributed by atoms with Crippen LogP contribution in [0.5, 0.6) is 5.75 Å². The van der Waals surface area contributed by atoms with Crippen molar-refractivity contribution in [3.05, 3.63) is 52.6 Å². The van der Waals surface area contributed by atoms with Crippen molar-refractivity contribution in [3.63, 3.8) is 0 Å². The van der Waals surface area contributed by atoms with Gasteiger partial charge in [0.05, 0.1) is 7.11 Å². The molecule has 0 bridgehead atoms. The molecule has 158 valence electrons. The number of hydrogen-bond acceptors (Lipinski definition) is 1. The third-order valence-electron chi connectivity index (χ3n) is 5.57. The fourth-order valence-electron chi connectivity index (χ4n) is 3.89. The van der Waals surface area contributed by atoms with E-state index in [-0.39, 0.29) is 51.4 Å². The topological polar surface area (TPSA) is 9.23 Å². The Bertz CT molecular complexity index is 609. The summed E-state index contributed by atoms with van der Waals surface area (Å²) < 4.78 is 5.60. The number of rotatable bonds is 9. The Morgan fingerprint density at radius 1 is 1.10 bits per heavy atom. The monoisotopic (exact) mass is 422 g/mol. The van der Waals surface area contributed by atoms with Crippen molar-refractivity contribution in [1.82, 2.24) is 0 Å². The van der Waals surface area contributed by atoms with Crippen LogP contribution in [0.25, 0.3) is 0 Å². The van der Waals surface area contributed by atoms with Crippen LogP contribution in [0.15, 0.2) is 29.9 Å². The maximum absolute atomic E-state index is 5.60. The molecule has 29 heavy (non-hydrogen) atoms. The van der Waals surface area contributed by atoms with E-state index in [0.29, 0.717) is 0 Å². The third kappa shape index (κ3) is 10.3. The van der Waals surface area contributed by atoms with E-state index in [1.165, 1.54) is 80.1 Å². The van der Waals surface area contributed by atoms with Gasteiger partial charge < -0.3 is 4.74 Å². The Labute approximate surface area is 224 Å². The molecule has 0 aromatic heterocycles. The van der Waals surface area contributed by atoms with Crippen molar-refractivity contribution in [1.29, 1.82) is 0 Å². The molecule has 0 atom stereocenters.